The maximum atomic E-state index is 11.1. The molecular formula is C18H25NO5. The maximum absolute atomic E-state index is 11.1. The van der Waals surface area contributed by atoms with E-state index in [1.165, 1.54) is 7.11 Å². The molecule has 0 aromatic heterocycles. The third-order valence-electron chi connectivity index (χ3n) is 3.56. The van der Waals surface area contributed by atoms with Gasteiger partial charge in [0.25, 0.3) is 0 Å². The highest BCUT2D eigenvalue weighted by Crippen LogP contribution is 2.26. The van der Waals surface area contributed by atoms with Gasteiger partial charge in [-0.2, -0.15) is 0 Å². The largest absolute Gasteiger partial charge is 0.453 e. The molecule has 0 unspecified atom stereocenters. The fourth-order valence-electron chi connectivity index (χ4n) is 2.35. The lowest BCUT2D eigenvalue weighted by molar-refractivity contribution is -0.152. The van der Waals surface area contributed by atoms with Crippen LogP contribution < -0.4 is 5.32 Å². The first-order valence-electron chi connectivity index (χ1n) is 7.96. The summed E-state index contributed by atoms with van der Waals surface area (Å²) in [7, 11) is 1.33. The molecule has 0 saturated carbocycles. The summed E-state index contributed by atoms with van der Waals surface area (Å²) in [5, 5.41) is 2.59. The van der Waals surface area contributed by atoms with Crippen molar-refractivity contribution in [2.45, 2.75) is 38.4 Å². The molecule has 6 heteroatoms. The molecular weight excluding hydrogens is 310 g/mol. The molecule has 1 aliphatic rings. The van der Waals surface area contributed by atoms with Gasteiger partial charge in [-0.3, -0.25) is 0 Å². The molecule has 1 N–H and O–H groups in total. The van der Waals surface area contributed by atoms with Crippen LogP contribution in [0.25, 0.3) is 0 Å². The Kier molecular flexibility index (Phi) is 6.78. The first kappa shape index (κ1) is 18.4. The number of benzene rings is 1. The summed E-state index contributed by atoms with van der Waals surface area (Å²) in [5.74, 6) is -0.614. The van der Waals surface area contributed by atoms with Crippen LogP contribution in [0.4, 0.5) is 4.79 Å². The van der Waals surface area contributed by atoms with Crippen LogP contribution in [0.5, 0.6) is 0 Å². The Morgan fingerprint density at radius 1 is 1.42 bits per heavy atom. The number of hydrogen-bond donors (Lipinski definition) is 1. The van der Waals surface area contributed by atoms with Crippen molar-refractivity contribution in [1.29, 1.82) is 0 Å². The third-order valence-corrected chi connectivity index (χ3v) is 3.56. The van der Waals surface area contributed by atoms with E-state index in [0.29, 0.717) is 19.8 Å². The van der Waals surface area contributed by atoms with Crippen molar-refractivity contribution in [2.24, 2.45) is 0 Å². The predicted octanol–water partition coefficient (Wildman–Crippen LogP) is 2.64. The third kappa shape index (κ3) is 5.96. The van der Waals surface area contributed by atoms with Crippen LogP contribution in [0.2, 0.25) is 0 Å². The van der Waals surface area contributed by atoms with Crippen LogP contribution in [0, 0.1) is 0 Å². The van der Waals surface area contributed by atoms with Crippen molar-refractivity contribution in [2.75, 3.05) is 20.3 Å². The summed E-state index contributed by atoms with van der Waals surface area (Å²) in [6.07, 6.45) is 2.77. The van der Waals surface area contributed by atoms with Gasteiger partial charge >= 0.3 is 6.09 Å². The number of ether oxygens (including phenoxy) is 4. The van der Waals surface area contributed by atoms with Crippen molar-refractivity contribution in [3.8, 4) is 0 Å². The number of hydrogen-bond acceptors (Lipinski definition) is 5. The van der Waals surface area contributed by atoms with E-state index < -0.39 is 11.9 Å². The van der Waals surface area contributed by atoms with Gasteiger partial charge in [0.1, 0.15) is 12.2 Å². The Morgan fingerprint density at radius 2 is 2.17 bits per heavy atom. The zero-order chi connectivity index (χ0) is 17.4. The zero-order valence-corrected chi connectivity index (χ0v) is 14.4. The highest BCUT2D eigenvalue weighted by Gasteiger charge is 2.37. The van der Waals surface area contributed by atoms with Gasteiger partial charge in [-0.1, -0.05) is 42.5 Å². The second-order valence-electron chi connectivity index (χ2n) is 5.93. The Balaban J connectivity index is 1.93. The molecule has 0 radical (unpaired) electrons. The Bertz CT molecular complexity index is 544. The summed E-state index contributed by atoms with van der Waals surface area (Å²) < 4.78 is 22.0. The quantitative estimate of drug-likeness (QED) is 0.776. The summed E-state index contributed by atoms with van der Waals surface area (Å²) >= 11 is 0. The van der Waals surface area contributed by atoms with Crippen molar-refractivity contribution in [1.82, 2.24) is 5.32 Å². The fraction of sp³-hybridized carbons (Fsp3) is 0.500. The van der Waals surface area contributed by atoms with Crippen LogP contribution in [0.15, 0.2) is 42.5 Å². The lowest BCUT2D eigenvalue weighted by Crippen LogP contribution is -2.32. The molecule has 2 rings (SSSR count). The number of carbonyl (C=O) groups is 1. The first-order chi connectivity index (χ1) is 11.5. The minimum absolute atomic E-state index is 0.196. The molecule has 6 nitrogen and oxygen atoms in total. The lowest BCUT2D eigenvalue weighted by Gasteiger charge is -2.22. The molecule has 1 aromatic carbocycles. The molecule has 2 atom stereocenters. The summed E-state index contributed by atoms with van der Waals surface area (Å²) in [6, 6.07) is 9.94. The van der Waals surface area contributed by atoms with E-state index in [-0.39, 0.29) is 12.2 Å². The zero-order valence-electron chi connectivity index (χ0n) is 14.4. The van der Waals surface area contributed by atoms with E-state index >= 15 is 0 Å². The number of methoxy groups -OCH3 is 1. The number of nitrogens with one attached hydrogen (secondary N) is 1. The van der Waals surface area contributed by atoms with Crippen LogP contribution in [-0.4, -0.2) is 44.3 Å². The standard InChI is InChI=1S/C18H25NO5/c1-18(2)23-13-16(24-18)15(10-7-11-19-17(20)21-3)22-12-14-8-5-4-6-9-14/h4-10,15-16H,11-13H2,1-3H3,(H,19,20)/b10-7+/t15-,16-/m1/s1. The molecule has 132 valence electrons. The number of carbonyl (C=O) groups excluding carboxylic acids is 1. The summed E-state index contributed by atoms with van der Waals surface area (Å²) in [5.41, 5.74) is 1.08. The van der Waals surface area contributed by atoms with Crippen LogP contribution >= 0.6 is 0 Å². The van der Waals surface area contributed by atoms with Crippen LogP contribution in [0.3, 0.4) is 0 Å². The molecule has 0 bridgehead atoms. The molecule has 1 heterocycles. The first-order valence-corrected chi connectivity index (χ1v) is 7.96. The highest BCUT2D eigenvalue weighted by molar-refractivity contribution is 5.67. The van der Waals surface area contributed by atoms with E-state index in [1.807, 2.05) is 56.3 Å². The molecule has 1 aliphatic heterocycles. The summed E-state index contributed by atoms with van der Waals surface area (Å²) in [6.45, 7) is 5.05. The summed E-state index contributed by atoms with van der Waals surface area (Å²) in [4.78, 5) is 11.1. The predicted molar refractivity (Wildman–Crippen MR) is 89.5 cm³/mol. The molecule has 1 aromatic rings. The van der Waals surface area contributed by atoms with Gasteiger partial charge in [0.05, 0.1) is 20.3 Å². The van der Waals surface area contributed by atoms with Crippen molar-refractivity contribution in [3.05, 3.63) is 48.0 Å². The molecule has 1 saturated heterocycles. The van der Waals surface area contributed by atoms with Gasteiger partial charge in [-0.15, -0.1) is 0 Å². The fourth-order valence-corrected chi connectivity index (χ4v) is 2.35. The number of amides is 1. The molecule has 24 heavy (non-hydrogen) atoms. The normalized spacial score (nSPS) is 20.9. The Hall–Kier alpha value is -1.89. The van der Waals surface area contributed by atoms with Gasteiger partial charge in [-0.25, -0.2) is 4.79 Å². The van der Waals surface area contributed by atoms with Crippen molar-refractivity contribution < 1.29 is 23.7 Å². The van der Waals surface area contributed by atoms with Gasteiger partial charge in [0.15, 0.2) is 5.79 Å². The Morgan fingerprint density at radius 3 is 2.79 bits per heavy atom. The topological polar surface area (TPSA) is 66.0 Å². The van der Waals surface area contributed by atoms with E-state index in [9.17, 15) is 4.79 Å². The maximum Gasteiger partial charge on any atom is 0.407 e. The number of alkyl carbamates (subject to hydrolysis) is 1. The highest BCUT2D eigenvalue weighted by atomic mass is 16.7. The average Bonchev–Trinajstić information content (AvgIpc) is 2.94. The Labute approximate surface area is 142 Å². The van der Waals surface area contributed by atoms with Crippen LogP contribution in [0.1, 0.15) is 19.4 Å². The van der Waals surface area contributed by atoms with Gasteiger partial charge in [-0.05, 0) is 19.4 Å². The second-order valence-corrected chi connectivity index (χ2v) is 5.93. The molecule has 1 amide bonds. The van der Waals surface area contributed by atoms with E-state index in [2.05, 4.69) is 10.1 Å². The lowest BCUT2D eigenvalue weighted by atomic mass is 10.2. The minimum atomic E-state index is -0.614. The smallest absolute Gasteiger partial charge is 0.407 e. The average molecular weight is 335 g/mol. The number of rotatable bonds is 7. The van der Waals surface area contributed by atoms with Gasteiger partial charge in [0, 0.05) is 6.54 Å². The van der Waals surface area contributed by atoms with Crippen molar-refractivity contribution in [3.63, 3.8) is 0 Å². The van der Waals surface area contributed by atoms with Crippen molar-refractivity contribution >= 4 is 6.09 Å². The molecule has 0 spiro atoms. The molecule has 1 fully saturated rings. The van der Waals surface area contributed by atoms with Gasteiger partial charge < -0.3 is 24.3 Å². The van der Waals surface area contributed by atoms with Crippen LogP contribution in [-0.2, 0) is 25.6 Å². The van der Waals surface area contributed by atoms with E-state index in [4.69, 9.17) is 14.2 Å². The second kappa shape index (κ2) is 8.82. The monoisotopic (exact) mass is 335 g/mol. The van der Waals surface area contributed by atoms with E-state index in [1.54, 1.807) is 0 Å². The van der Waals surface area contributed by atoms with Gasteiger partial charge in [0.2, 0.25) is 0 Å². The minimum Gasteiger partial charge on any atom is -0.453 e. The molecule has 0 aliphatic carbocycles. The van der Waals surface area contributed by atoms with E-state index in [0.717, 1.165) is 5.56 Å². The SMILES string of the molecule is COC(=O)NC/C=C/[C@@H](OCc1ccccc1)[C@H]1COC(C)(C)O1.